The lowest BCUT2D eigenvalue weighted by Gasteiger charge is -2.23. The van der Waals surface area contributed by atoms with Gasteiger partial charge < -0.3 is 10.6 Å². The lowest BCUT2D eigenvalue weighted by atomic mass is 10.1. The van der Waals surface area contributed by atoms with Gasteiger partial charge >= 0.3 is 0 Å². The van der Waals surface area contributed by atoms with E-state index in [2.05, 4.69) is 20.8 Å². The molecule has 1 aromatic carbocycles. The standard InChI is InChI=1S/C12H16BrFN2S/c13-11-9(8-15)2-3-10(12(11)14)16-4-1-6-17-7-5-16/h2-3H,1,4-8,15H2. The highest BCUT2D eigenvalue weighted by Crippen LogP contribution is 2.30. The second-order valence-electron chi connectivity index (χ2n) is 4.03. The Balaban J connectivity index is 2.28. The second kappa shape index (κ2) is 6.07. The molecular formula is C12H16BrFN2S. The van der Waals surface area contributed by atoms with Gasteiger partial charge in [0.15, 0.2) is 5.82 Å². The third-order valence-electron chi connectivity index (χ3n) is 2.92. The number of benzene rings is 1. The predicted octanol–water partition coefficient (Wildman–Crippen LogP) is 2.99. The number of hydrogen-bond acceptors (Lipinski definition) is 3. The summed E-state index contributed by atoms with van der Waals surface area (Å²) in [5.41, 5.74) is 7.07. The minimum Gasteiger partial charge on any atom is -0.368 e. The van der Waals surface area contributed by atoms with Crippen molar-refractivity contribution >= 4 is 33.4 Å². The zero-order valence-electron chi connectivity index (χ0n) is 9.59. The van der Waals surface area contributed by atoms with Crippen molar-refractivity contribution in [1.29, 1.82) is 0 Å². The van der Waals surface area contributed by atoms with Gasteiger partial charge in [-0.25, -0.2) is 4.39 Å². The minimum absolute atomic E-state index is 0.181. The van der Waals surface area contributed by atoms with Gasteiger partial charge in [0, 0.05) is 25.4 Å². The highest BCUT2D eigenvalue weighted by molar-refractivity contribution is 9.10. The molecule has 1 aromatic rings. The van der Waals surface area contributed by atoms with Gasteiger partial charge in [-0.15, -0.1) is 0 Å². The normalized spacial score (nSPS) is 17.0. The fourth-order valence-corrected chi connectivity index (χ4v) is 3.35. The summed E-state index contributed by atoms with van der Waals surface area (Å²) >= 11 is 5.23. The molecule has 2 nitrogen and oxygen atoms in total. The van der Waals surface area contributed by atoms with E-state index in [0.29, 0.717) is 16.7 Å². The van der Waals surface area contributed by atoms with Crippen molar-refractivity contribution in [3.05, 3.63) is 28.0 Å². The van der Waals surface area contributed by atoms with Crippen LogP contribution in [0.1, 0.15) is 12.0 Å². The van der Waals surface area contributed by atoms with E-state index in [1.807, 2.05) is 23.9 Å². The van der Waals surface area contributed by atoms with Gasteiger partial charge in [0.2, 0.25) is 0 Å². The molecule has 94 valence electrons. The van der Waals surface area contributed by atoms with Gasteiger partial charge in [-0.05, 0) is 39.7 Å². The van der Waals surface area contributed by atoms with Crippen LogP contribution in [-0.2, 0) is 6.54 Å². The van der Waals surface area contributed by atoms with E-state index in [0.717, 1.165) is 30.8 Å². The molecule has 1 aliphatic heterocycles. The summed E-state index contributed by atoms with van der Waals surface area (Å²) in [6.07, 6.45) is 1.11. The van der Waals surface area contributed by atoms with Crippen molar-refractivity contribution < 1.29 is 4.39 Å². The largest absolute Gasteiger partial charge is 0.368 e. The van der Waals surface area contributed by atoms with E-state index in [4.69, 9.17) is 5.73 Å². The molecule has 1 heterocycles. The number of halogens is 2. The summed E-state index contributed by atoms with van der Waals surface area (Å²) in [6.45, 7) is 2.20. The van der Waals surface area contributed by atoms with Crippen molar-refractivity contribution in [3.8, 4) is 0 Å². The first-order chi connectivity index (χ1) is 8.24. The average molecular weight is 319 g/mol. The Hall–Kier alpha value is -0.260. The molecule has 0 spiro atoms. The van der Waals surface area contributed by atoms with Crippen LogP contribution in [0.3, 0.4) is 0 Å². The quantitative estimate of drug-likeness (QED) is 0.909. The topological polar surface area (TPSA) is 29.3 Å². The van der Waals surface area contributed by atoms with E-state index in [9.17, 15) is 4.39 Å². The molecule has 0 amide bonds. The smallest absolute Gasteiger partial charge is 0.160 e. The first-order valence-corrected chi connectivity index (χ1v) is 7.68. The molecule has 0 atom stereocenters. The van der Waals surface area contributed by atoms with Crippen molar-refractivity contribution in [3.63, 3.8) is 0 Å². The van der Waals surface area contributed by atoms with Crippen LogP contribution in [0.15, 0.2) is 16.6 Å². The van der Waals surface area contributed by atoms with E-state index < -0.39 is 0 Å². The number of hydrogen-bond donors (Lipinski definition) is 1. The SMILES string of the molecule is NCc1ccc(N2CCCSCC2)c(F)c1Br. The van der Waals surface area contributed by atoms with Crippen molar-refractivity contribution in [1.82, 2.24) is 0 Å². The van der Waals surface area contributed by atoms with Gasteiger partial charge in [0.05, 0.1) is 10.2 Å². The predicted molar refractivity (Wildman–Crippen MR) is 76.1 cm³/mol. The fraction of sp³-hybridized carbons (Fsp3) is 0.500. The Kier molecular flexibility index (Phi) is 4.70. The molecule has 0 unspecified atom stereocenters. The van der Waals surface area contributed by atoms with Crippen LogP contribution >= 0.6 is 27.7 Å². The number of nitrogens with zero attached hydrogens (tertiary/aromatic N) is 1. The van der Waals surface area contributed by atoms with Crippen LogP contribution in [0.2, 0.25) is 0 Å². The Morgan fingerprint density at radius 3 is 2.94 bits per heavy atom. The lowest BCUT2D eigenvalue weighted by molar-refractivity contribution is 0.609. The maximum absolute atomic E-state index is 14.2. The van der Waals surface area contributed by atoms with Crippen LogP contribution in [0, 0.1) is 5.82 Å². The molecule has 1 fully saturated rings. The Morgan fingerprint density at radius 2 is 2.18 bits per heavy atom. The first kappa shape index (κ1) is 13.2. The average Bonchev–Trinajstić information content (AvgIpc) is 2.61. The summed E-state index contributed by atoms with van der Waals surface area (Å²) < 4.78 is 14.7. The molecule has 1 aliphatic rings. The summed E-state index contributed by atoms with van der Waals surface area (Å²) in [5.74, 6) is 2.05. The van der Waals surface area contributed by atoms with E-state index in [1.54, 1.807) is 0 Å². The van der Waals surface area contributed by atoms with Crippen LogP contribution in [0.4, 0.5) is 10.1 Å². The summed E-state index contributed by atoms with van der Waals surface area (Å²) in [4.78, 5) is 2.13. The number of rotatable bonds is 2. The van der Waals surface area contributed by atoms with E-state index in [-0.39, 0.29) is 5.82 Å². The second-order valence-corrected chi connectivity index (χ2v) is 6.05. The zero-order chi connectivity index (χ0) is 12.3. The third kappa shape index (κ3) is 2.95. The van der Waals surface area contributed by atoms with Crippen molar-refractivity contribution in [2.24, 2.45) is 5.73 Å². The van der Waals surface area contributed by atoms with Gasteiger partial charge in [-0.3, -0.25) is 0 Å². The van der Waals surface area contributed by atoms with Crippen LogP contribution in [0.25, 0.3) is 0 Å². The molecule has 0 bridgehead atoms. The Morgan fingerprint density at radius 1 is 1.35 bits per heavy atom. The highest BCUT2D eigenvalue weighted by Gasteiger charge is 2.17. The van der Waals surface area contributed by atoms with Gasteiger partial charge in [0.1, 0.15) is 0 Å². The summed E-state index contributed by atoms with van der Waals surface area (Å²) in [6, 6.07) is 3.75. The molecular weight excluding hydrogens is 303 g/mol. The van der Waals surface area contributed by atoms with Gasteiger partial charge in [0.25, 0.3) is 0 Å². The molecule has 0 radical (unpaired) electrons. The Labute approximate surface area is 114 Å². The van der Waals surface area contributed by atoms with Crippen LogP contribution in [-0.4, -0.2) is 24.6 Å². The fourth-order valence-electron chi connectivity index (χ4n) is 1.97. The van der Waals surface area contributed by atoms with E-state index in [1.165, 1.54) is 5.75 Å². The van der Waals surface area contributed by atoms with Gasteiger partial charge in [-0.1, -0.05) is 6.07 Å². The minimum atomic E-state index is -0.181. The highest BCUT2D eigenvalue weighted by atomic mass is 79.9. The molecule has 5 heteroatoms. The summed E-state index contributed by atoms with van der Waals surface area (Å²) in [7, 11) is 0. The number of nitrogens with two attached hydrogens (primary N) is 1. The molecule has 1 saturated heterocycles. The molecule has 0 saturated carbocycles. The molecule has 0 aliphatic carbocycles. The summed E-state index contributed by atoms with van der Waals surface area (Å²) in [5, 5.41) is 0. The van der Waals surface area contributed by atoms with Crippen LogP contribution in [0.5, 0.6) is 0 Å². The van der Waals surface area contributed by atoms with Crippen molar-refractivity contribution in [2.75, 3.05) is 29.5 Å². The molecule has 0 aromatic heterocycles. The Bertz CT molecular complexity index is 392. The molecule has 17 heavy (non-hydrogen) atoms. The van der Waals surface area contributed by atoms with Crippen molar-refractivity contribution in [2.45, 2.75) is 13.0 Å². The van der Waals surface area contributed by atoms with Gasteiger partial charge in [-0.2, -0.15) is 11.8 Å². The molecule has 2 rings (SSSR count). The maximum Gasteiger partial charge on any atom is 0.160 e. The van der Waals surface area contributed by atoms with Crippen LogP contribution < -0.4 is 10.6 Å². The maximum atomic E-state index is 14.2. The monoisotopic (exact) mass is 318 g/mol. The third-order valence-corrected chi connectivity index (χ3v) is 4.83. The van der Waals surface area contributed by atoms with E-state index >= 15 is 0 Å². The molecule has 2 N–H and O–H groups in total. The number of thioether (sulfide) groups is 1. The number of anilines is 1. The lowest BCUT2D eigenvalue weighted by Crippen LogP contribution is -2.26. The zero-order valence-corrected chi connectivity index (χ0v) is 12.0. The first-order valence-electron chi connectivity index (χ1n) is 5.73.